The number of rotatable bonds is 7. The maximum Gasteiger partial charge on any atom is 0.222 e. The molecule has 0 bridgehead atoms. The molecule has 1 saturated carbocycles. The van der Waals surface area contributed by atoms with Crippen LogP contribution in [0.5, 0.6) is 0 Å². The Kier molecular flexibility index (Phi) is 5.54. The summed E-state index contributed by atoms with van der Waals surface area (Å²) in [6, 6.07) is 0. The number of carbonyl (C=O) groups excluding carboxylic acids is 1. The number of thiazole rings is 1. The molecular weight excluding hydrogens is 272 g/mol. The molecule has 1 aromatic rings. The molecule has 0 aromatic carbocycles. The third-order valence-corrected chi connectivity index (χ3v) is 4.86. The van der Waals surface area contributed by atoms with Crippen LogP contribution in [-0.2, 0) is 11.2 Å². The van der Waals surface area contributed by atoms with E-state index < -0.39 is 5.60 Å². The molecule has 2 N–H and O–H groups in total. The Morgan fingerprint density at radius 3 is 2.85 bits per heavy atom. The minimum absolute atomic E-state index is 0.0144. The van der Waals surface area contributed by atoms with Gasteiger partial charge in [-0.3, -0.25) is 4.79 Å². The van der Waals surface area contributed by atoms with Gasteiger partial charge in [0.05, 0.1) is 17.0 Å². The lowest BCUT2D eigenvalue weighted by Crippen LogP contribution is -2.35. The zero-order valence-electron chi connectivity index (χ0n) is 12.2. The molecule has 4 nitrogen and oxygen atoms in total. The molecule has 2 rings (SSSR count). The first kappa shape index (κ1) is 15.4. The van der Waals surface area contributed by atoms with Crippen molar-refractivity contribution in [3.63, 3.8) is 0 Å². The highest BCUT2D eigenvalue weighted by molar-refractivity contribution is 7.09. The van der Waals surface area contributed by atoms with E-state index in [4.69, 9.17) is 0 Å². The molecule has 1 aliphatic rings. The van der Waals surface area contributed by atoms with Crippen LogP contribution in [0.4, 0.5) is 0 Å². The Bertz CT molecular complexity index is 439. The summed E-state index contributed by atoms with van der Waals surface area (Å²) in [5.41, 5.74) is 0.353. The summed E-state index contributed by atoms with van der Waals surface area (Å²) in [4.78, 5) is 16.2. The summed E-state index contributed by atoms with van der Waals surface area (Å²) < 4.78 is 0. The lowest BCUT2D eigenvalue weighted by Gasteiger charge is -2.21. The molecule has 0 atom stereocenters. The van der Waals surface area contributed by atoms with E-state index in [-0.39, 0.29) is 12.3 Å². The van der Waals surface area contributed by atoms with Gasteiger partial charge in [-0.1, -0.05) is 12.8 Å². The lowest BCUT2D eigenvalue weighted by molar-refractivity contribution is -0.125. The van der Waals surface area contributed by atoms with Gasteiger partial charge in [-0.25, -0.2) is 4.98 Å². The van der Waals surface area contributed by atoms with E-state index in [0.717, 1.165) is 50.6 Å². The minimum atomic E-state index is -0.734. The van der Waals surface area contributed by atoms with Gasteiger partial charge in [0, 0.05) is 17.6 Å². The summed E-state index contributed by atoms with van der Waals surface area (Å²) in [5.74, 6) is -0.0144. The zero-order valence-corrected chi connectivity index (χ0v) is 13.0. The molecule has 1 aromatic heterocycles. The summed E-state index contributed by atoms with van der Waals surface area (Å²) in [5, 5.41) is 16.3. The van der Waals surface area contributed by atoms with Crippen molar-refractivity contribution in [2.24, 2.45) is 0 Å². The van der Waals surface area contributed by atoms with E-state index in [1.54, 1.807) is 11.3 Å². The molecular formula is C15H24N2O2S. The highest BCUT2D eigenvalue weighted by atomic mass is 32.1. The maximum atomic E-state index is 11.8. The Balaban J connectivity index is 1.55. The van der Waals surface area contributed by atoms with E-state index in [2.05, 4.69) is 15.7 Å². The number of hydrogen-bond donors (Lipinski definition) is 2. The monoisotopic (exact) mass is 296 g/mol. The van der Waals surface area contributed by atoms with Crippen LogP contribution < -0.4 is 5.32 Å². The maximum absolute atomic E-state index is 11.8. The van der Waals surface area contributed by atoms with Crippen molar-refractivity contribution in [3.8, 4) is 0 Å². The van der Waals surface area contributed by atoms with Gasteiger partial charge in [0.25, 0.3) is 0 Å². The summed E-state index contributed by atoms with van der Waals surface area (Å²) in [6.45, 7) is 2.70. The number of carbonyl (C=O) groups is 1. The molecule has 1 aliphatic carbocycles. The molecule has 1 amide bonds. The van der Waals surface area contributed by atoms with Crippen molar-refractivity contribution in [2.75, 3.05) is 6.54 Å². The molecule has 0 aliphatic heterocycles. The standard InChI is InChI=1S/C15H24N2O2S/c1-12-11-20-14(17-12)6-2-5-9-16-13(18)10-15(19)7-3-4-8-15/h11,19H,2-10H2,1H3,(H,16,18). The fourth-order valence-electron chi connectivity index (χ4n) is 2.72. The largest absolute Gasteiger partial charge is 0.389 e. The number of aliphatic hydroxyl groups is 1. The Hall–Kier alpha value is -0.940. The third kappa shape index (κ3) is 4.87. The van der Waals surface area contributed by atoms with E-state index >= 15 is 0 Å². The average Bonchev–Trinajstić information content (AvgIpc) is 2.98. The molecule has 112 valence electrons. The highest BCUT2D eigenvalue weighted by Gasteiger charge is 2.33. The fraction of sp³-hybridized carbons (Fsp3) is 0.733. The summed E-state index contributed by atoms with van der Waals surface area (Å²) >= 11 is 1.70. The predicted octanol–water partition coefficient (Wildman–Crippen LogP) is 2.59. The van der Waals surface area contributed by atoms with Crippen molar-refractivity contribution in [2.45, 2.75) is 63.9 Å². The molecule has 0 unspecified atom stereocenters. The van der Waals surface area contributed by atoms with E-state index in [0.29, 0.717) is 6.54 Å². The van der Waals surface area contributed by atoms with Gasteiger partial charge < -0.3 is 10.4 Å². The first-order chi connectivity index (χ1) is 9.57. The van der Waals surface area contributed by atoms with Crippen LogP contribution in [0, 0.1) is 6.92 Å². The minimum Gasteiger partial charge on any atom is -0.389 e. The fourth-order valence-corrected chi connectivity index (χ4v) is 3.54. The SMILES string of the molecule is Cc1csc(CCCCNC(=O)CC2(O)CCCC2)n1. The number of hydrogen-bond acceptors (Lipinski definition) is 4. The van der Waals surface area contributed by atoms with Crippen LogP contribution in [0.3, 0.4) is 0 Å². The first-order valence-electron chi connectivity index (χ1n) is 7.47. The molecule has 0 radical (unpaired) electrons. The molecule has 5 heteroatoms. The van der Waals surface area contributed by atoms with E-state index in [1.165, 1.54) is 5.01 Å². The third-order valence-electron chi connectivity index (χ3n) is 3.83. The molecule has 1 fully saturated rings. The van der Waals surface area contributed by atoms with Crippen molar-refractivity contribution in [3.05, 3.63) is 16.1 Å². The number of nitrogens with one attached hydrogen (secondary N) is 1. The normalized spacial score (nSPS) is 17.3. The average molecular weight is 296 g/mol. The van der Waals surface area contributed by atoms with Crippen LogP contribution in [0.25, 0.3) is 0 Å². The molecule has 0 saturated heterocycles. The van der Waals surface area contributed by atoms with Gasteiger partial charge in [-0.05, 0) is 39.0 Å². The number of aryl methyl sites for hydroxylation is 2. The summed E-state index contributed by atoms with van der Waals surface area (Å²) in [6.07, 6.45) is 6.86. The Morgan fingerprint density at radius 2 is 2.20 bits per heavy atom. The molecule has 0 spiro atoms. The van der Waals surface area contributed by atoms with Crippen LogP contribution in [0.1, 0.15) is 55.6 Å². The topological polar surface area (TPSA) is 62.2 Å². The van der Waals surface area contributed by atoms with Gasteiger partial charge in [0.2, 0.25) is 5.91 Å². The second kappa shape index (κ2) is 7.18. The van der Waals surface area contributed by atoms with Gasteiger partial charge in [-0.15, -0.1) is 11.3 Å². The number of amides is 1. The van der Waals surface area contributed by atoms with E-state index in [9.17, 15) is 9.90 Å². The smallest absolute Gasteiger partial charge is 0.222 e. The lowest BCUT2D eigenvalue weighted by atomic mass is 9.98. The summed E-state index contributed by atoms with van der Waals surface area (Å²) in [7, 11) is 0. The van der Waals surface area contributed by atoms with Crippen LogP contribution in [0.15, 0.2) is 5.38 Å². The number of aromatic nitrogens is 1. The number of nitrogens with zero attached hydrogens (tertiary/aromatic N) is 1. The van der Waals surface area contributed by atoms with Crippen molar-refractivity contribution < 1.29 is 9.90 Å². The van der Waals surface area contributed by atoms with E-state index in [1.807, 2.05) is 6.92 Å². The zero-order chi connectivity index (χ0) is 14.4. The molecule has 1 heterocycles. The highest BCUT2D eigenvalue weighted by Crippen LogP contribution is 2.32. The van der Waals surface area contributed by atoms with Gasteiger partial charge in [-0.2, -0.15) is 0 Å². The van der Waals surface area contributed by atoms with Gasteiger partial charge in [0.15, 0.2) is 0 Å². The van der Waals surface area contributed by atoms with Crippen LogP contribution >= 0.6 is 11.3 Å². The molecule has 20 heavy (non-hydrogen) atoms. The first-order valence-corrected chi connectivity index (χ1v) is 8.35. The van der Waals surface area contributed by atoms with Crippen molar-refractivity contribution in [1.82, 2.24) is 10.3 Å². The Morgan fingerprint density at radius 1 is 1.45 bits per heavy atom. The second-order valence-electron chi connectivity index (χ2n) is 5.80. The Labute approximate surface area is 124 Å². The van der Waals surface area contributed by atoms with Crippen molar-refractivity contribution >= 4 is 17.2 Å². The van der Waals surface area contributed by atoms with Crippen molar-refractivity contribution in [1.29, 1.82) is 0 Å². The van der Waals surface area contributed by atoms with Gasteiger partial charge >= 0.3 is 0 Å². The predicted molar refractivity (Wildman–Crippen MR) is 80.8 cm³/mol. The van der Waals surface area contributed by atoms with Gasteiger partial charge in [0.1, 0.15) is 0 Å². The number of unbranched alkanes of at least 4 members (excludes halogenated alkanes) is 1. The van der Waals surface area contributed by atoms with Crippen LogP contribution in [0.2, 0.25) is 0 Å². The quantitative estimate of drug-likeness (QED) is 0.760. The second-order valence-corrected chi connectivity index (χ2v) is 6.74. The van der Waals surface area contributed by atoms with Crippen LogP contribution in [-0.4, -0.2) is 28.1 Å².